The summed E-state index contributed by atoms with van der Waals surface area (Å²) in [6.45, 7) is 3.38. The van der Waals surface area contributed by atoms with Gasteiger partial charge in [0.2, 0.25) is 0 Å². The lowest BCUT2D eigenvalue weighted by Gasteiger charge is -2.26. The van der Waals surface area contributed by atoms with E-state index in [1.54, 1.807) is 20.0 Å². The highest BCUT2D eigenvalue weighted by atomic mass is 16.4. The van der Waals surface area contributed by atoms with Crippen molar-refractivity contribution in [2.75, 3.05) is 13.6 Å². The van der Waals surface area contributed by atoms with Crippen molar-refractivity contribution in [1.29, 1.82) is 0 Å². The van der Waals surface area contributed by atoms with Crippen LogP contribution in [0.2, 0.25) is 0 Å². The van der Waals surface area contributed by atoms with Gasteiger partial charge in [-0.3, -0.25) is 4.79 Å². The number of rotatable bonds is 4. The number of aliphatic carboxylic acids is 1. The van der Waals surface area contributed by atoms with Gasteiger partial charge in [0.15, 0.2) is 0 Å². The maximum absolute atomic E-state index is 12.6. The predicted molar refractivity (Wildman–Crippen MR) is 75.7 cm³/mol. The van der Waals surface area contributed by atoms with Crippen molar-refractivity contribution in [1.82, 2.24) is 10.2 Å². The Kier molecular flexibility index (Phi) is 4.39. The van der Waals surface area contributed by atoms with E-state index in [1.807, 2.05) is 12.1 Å². The van der Waals surface area contributed by atoms with Crippen LogP contribution in [-0.4, -0.2) is 41.5 Å². The standard InChI is InChI=1S/C15H20N2O3/c1-3-13(15(19)20)17(2)14(18)12-6-4-5-10-9-16-8-7-11(10)12/h4-6,13,16H,3,7-9H2,1-2H3,(H,19,20). The molecule has 0 bridgehead atoms. The van der Waals surface area contributed by atoms with Crippen molar-refractivity contribution in [3.05, 3.63) is 34.9 Å². The average molecular weight is 276 g/mol. The summed E-state index contributed by atoms with van der Waals surface area (Å²) in [5.74, 6) is -1.17. The second-order valence-corrected chi connectivity index (χ2v) is 5.05. The van der Waals surface area contributed by atoms with Crippen LogP contribution in [0.25, 0.3) is 0 Å². The first-order valence-corrected chi connectivity index (χ1v) is 6.87. The third-order valence-electron chi connectivity index (χ3n) is 3.83. The summed E-state index contributed by atoms with van der Waals surface area (Å²) in [7, 11) is 1.56. The molecular weight excluding hydrogens is 256 g/mol. The molecule has 1 aromatic rings. The first-order chi connectivity index (χ1) is 9.56. The quantitative estimate of drug-likeness (QED) is 0.869. The zero-order valence-electron chi connectivity index (χ0n) is 11.8. The Balaban J connectivity index is 2.31. The first-order valence-electron chi connectivity index (χ1n) is 6.87. The molecule has 0 aliphatic carbocycles. The van der Waals surface area contributed by atoms with E-state index in [0.29, 0.717) is 12.0 Å². The molecule has 1 aliphatic heterocycles. The lowest BCUT2D eigenvalue weighted by molar-refractivity contribution is -0.142. The zero-order valence-corrected chi connectivity index (χ0v) is 11.8. The molecule has 1 atom stereocenters. The minimum atomic E-state index is -0.963. The molecule has 0 fully saturated rings. The van der Waals surface area contributed by atoms with Gasteiger partial charge in [0, 0.05) is 19.2 Å². The number of carbonyl (C=O) groups excluding carboxylic acids is 1. The van der Waals surface area contributed by atoms with Gasteiger partial charge in [-0.1, -0.05) is 19.1 Å². The van der Waals surface area contributed by atoms with Gasteiger partial charge in [0.05, 0.1) is 0 Å². The van der Waals surface area contributed by atoms with Gasteiger partial charge in [0.25, 0.3) is 5.91 Å². The molecule has 20 heavy (non-hydrogen) atoms. The second kappa shape index (κ2) is 6.05. The van der Waals surface area contributed by atoms with Gasteiger partial charge in [-0.2, -0.15) is 0 Å². The molecular formula is C15H20N2O3. The van der Waals surface area contributed by atoms with E-state index in [0.717, 1.165) is 30.6 Å². The minimum absolute atomic E-state index is 0.210. The highest BCUT2D eigenvalue weighted by molar-refractivity contribution is 5.98. The summed E-state index contributed by atoms with van der Waals surface area (Å²) < 4.78 is 0. The number of hydrogen-bond donors (Lipinski definition) is 2. The van der Waals surface area contributed by atoms with Crippen LogP contribution in [0.15, 0.2) is 18.2 Å². The van der Waals surface area contributed by atoms with Crippen LogP contribution in [0.1, 0.15) is 34.8 Å². The molecule has 5 nitrogen and oxygen atoms in total. The Morgan fingerprint density at radius 3 is 2.85 bits per heavy atom. The number of hydrogen-bond acceptors (Lipinski definition) is 3. The van der Waals surface area contributed by atoms with E-state index in [2.05, 4.69) is 5.32 Å². The maximum atomic E-state index is 12.6. The van der Waals surface area contributed by atoms with Gasteiger partial charge in [-0.05, 0) is 36.6 Å². The number of likely N-dealkylation sites (N-methyl/N-ethyl adjacent to an activating group) is 1. The smallest absolute Gasteiger partial charge is 0.326 e. The van der Waals surface area contributed by atoms with Crippen molar-refractivity contribution in [2.45, 2.75) is 32.4 Å². The van der Waals surface area contributed by atoms with Crippen molar-refractivity contribution >= 4 is 11.9 Å². The Labute approximate surface area is 118 Å². The van der Waals surface area contributed by atoms with Crippen molar-refractivity contribution < 1.29 is 14.7 Å². The average Bonchev–Trinajstić information content (AvgIpc) is 2.46. The van der Waals surface area contributed by atoms with Gasteiger partial charge in [-0.15, -0.1) is 0 Å². The van der Waals surface area contributed by atoms with E-state index in [1.165, 1.54) is 4.90 Å². The van der Waals surface area contributed by atoms with E-state index >= 15 is 0 Å². The Hall–Kier alpha value is -1.88. The molecule has 2 N–H and O–H groups in total. The van der Waals surface area contributed by atoms with Crippen LogP contribution in [0, 0.1) is 0 Å². The number of fused-ring (bicyclic) bond motifs is 1. The molecule has 1 unspecified atom stereocenters. The largest absolute Gasteiger partial charge is 0.480 e. The van der Waals surface area contributed by atoms with Crippen LogP contribution >= 0.6 is 0 Å². The Bertz CT molecular complexity index is 528. The lowest BCUT2D eigenvalue weighted by Crippen LogP contribution is -2.42. The fourth-order valence-electron chi connectivity index (χ4n) is 2.68. The van der Waals surface area contributed by atoms with Gasteiger partial charge >= 0.3 is 5.97 Å². The highest BCUT2D eigenvalue weighted by Gasteiger charge is 2.27. The summed E-state index contributed by atoms with van der Waals surface area (Å²) in [6, 6.07) is 4.87. The third kappa shape index (κ3) is 2.67. The number of nitrogens with one attached hydrogen (secondary N) is 1. The molecule has 0 saturated heterocycles. The highest BCUT2D eigenvalue weighted by Crippen LogP contribution is 2.21. The van der Waals surface area contributed by atoms with Crippen LogP contribution in [0.3, 0.4) is 0 Å². The Morgan fingerprint density at radius 2 is 2.20 bits per heavy atom. The monoisotopic (exact) mass is 276 g/mol. The summed E-state index contributed by atoms with van der Waals surface area (Å²) in [6.07, 6.45) is 1.20. The molecule has 0 spiro atoms. The number of carboxylic acid groups (broad SMARTS) is 1. The van der Waals surface area contributed by atoms with Crippen LogP contribution < -0.4 is 5.32 Å². The molecule has 0 radical (unpaired) electrons. The van der Waals surface area contributed by atoms with Gasteiger partial charge in [-0.25, -0.2) is 4.79 Å². The van der Waals surface area contributed by atoms with Crippen LogP contribution in [0.5, 0.6) is 0 Å². The molecule has 0 aromatic heterocycles. The first kappa shape index (κ1) is 14.5. The molecule has 5 heteroatoms. The number of carbonyl (C=O) groups is 2. The number of nitrogens with zero attached hydrogens (tertiary/aromatic N) is 1. The molecule has 0 saturated carbocycles. The normalized spacial score (nSPS) is 15.3. The summed E-state index contributed by atoms with van der Waals surface area (Å²) in [4.78, 5) is 25.1. The predicted octanol–water partition coefficient (Wildman–Crippen LogP) is 1.27. The SMILES string of the molecule is CCC(C(=O)O)N(C)C(=O)c1cccc2c1CCNC2. The maximum Gasteiger partial charge on any atom is 0.326 e. The topological polar surface area (TPSA) is 69.6 Å². The molecule has 108 valence electrons. The number of benzene rings is 1. The van der Waals surface area contributed by atoms with Crippen molar-refractivity contribution in [3.63, 3.8) is 0 Å². The van der Waals surface area contributed by atoms with Gasteiger partial charge in [0.1, 0.15) is 6.04 Å². The van der Waals surface area contributed by atoms with Crippen LogP contribution in [0.4, 0.5) is 0 Å². The summed E-state index contributed by atoms with van der Waals surface area (Å²) >= 11 is 0. The second-order valence-electron chi connectivity index (χ2n) is 5.05. The van der Waals surface area contributed by atoms with E-state index in [4.69, 9.17) is 0 Å². The lowest BCUT2D eigenvalue weighted by atomic mass is 9.94. The van der Waals surface area contributed by atoms with Crippen molar-refractivity contribution in [2.24, 2.45) is 0 Å². The Morgan fingerprint density at radius 1 is 1.45 bits per heavy atom. The minimum Gasteiger partial charge on any atom is -0.480 e. The molecule has 1 aliphatic rings. The number of amides is 1. The van der Waals surface area contributed by atoms with E-state index in [9.17, 15) is 14.7 Å². The van der Waals surface area contributed by atoms with Crippen molar-refractivity contribution in [3.8, 4) is 0 Å². The fourth-order valence-corrected chi connectivity index (χ4v) is 2.68. The third-order valence-corrected chi connectivity index (χ3v) is 3.83. The van der Waals surface area contributed by atoms with Gasteiger partial charge < -0.3 is 15.3 Å². The molecule has 2 rings (SSSR count). The summed E-state index contributed by atoms with van der Waals surface area (Å²) in [5, 5.41) is 12.4. The fraction of sp³-hybridized carbons (Fsp3) is 0.467. The molecule has 1 heterocycles. The molecule has 1 amide bonds. The number of carboxylic acids is 1. The van der Waals surface area contributed by atoms with E-state index in [-0.39, 0.29) is 5.91 Å². The van der Waals surface area contributed by atoms with E-state index < -0.39 is 12.0 Å². The summed E-state index contributed by atoms with van der Waals surface area (Å²) in [5.41, 5.74) is 2.80. The zero-order chi connectivity index (χ0) is 14.7. The van der Waals surface area contributed by atoms with Crippen LogP contribution in [-0.2, 0) is 17.8 Å². The molecule has 1 aromatic carbocycles.